The number of H-pyrrole nitrogens is 1. The number of piperazine rings is 1. The zero-order chi connectivity index (χ0) is 42.4. The second kappa shape index (κ2) is 18.8. The van der Waals surface area contributed by atoms with E-state index in [0.717, 1.165) is 37.6 Å². The number of halogens is 4. The van der Waals surface area contributed by atoms with Crippen LogP contribution in [0.4, 0.5) is 29.5 Å². The summed E-state index contributed by atoms with van der Waals surface area (Å²) in [7, 11) is 0. The molecule has 0 radical (unpaired) electrons. The number of nitrogens with one attached hydrogen (secondary N) is 1. The van der Waals surface area contributed by atoms with Crippen LogP contribution in [0.2, 0.25) is 5.02 Å². The molecule has 3 saturated heterocycles. The molecule has 2 aromatic carbocycles. The van der Waals surface area contributed by atoms with Crippen LogP contribution in [0, 0.1) is 0 Å². The number of likely N-dealkylation sites (tertiary alicyclic amines) is 2. The number of anilines is 2. The lowest BCUT2D eigenvalue weighted by molar-refractivity contribution is -0.141. The van der Waals surface area contributed by atoms with Gasteiger partial charge in [0, 0.05) is 64.0 Å². The highest BCUT2D eigenvalue weighted by Crippen LogP contribution is 2.38. The lowest BCUT2D eigenvalue weighted by Crippen LogP contribution is -2.53. The molecular weight excluding hydrogens is 807 g/mol. The number of pyridine rings is 1. The molecule has 3 aliphatic heterocycles. The van der Waals surface area contributed by atoms with Gasteiger partial charge in [0.15, 0.2) is 11.9 Å². The summed E-state index contributed by atoms with van der Waals surface area (Å²) in [5, 5.41) is 4.13. The van der Waals surface area contributed by atoms with Crippen LogP contribution in [0.15, 0.2) is 65.6 Å². The predicted octanol–water partition coefficient (Wildman–Crippen LogP) is 5.26. The number of nitrogens with two attached hydrogens (primary N) is 1. The Morgan fingerprint density at radius 3 is 2.30 bits per heavy atom. The number of hydrogen-bond donors (Lipinski definition) is 2. The normalized spacial score (nSPS) is 17.4. The summed E-state index contributed by atoms with van der Waals surface area (Å²) in [6, 6.07) is 14.3. The van der Waals surface area contributed by atoms with Gasteiger partial charge in [-0.05, 0) is 68.6 Å². The van der Waals surface area contributed by atoms with Gasteiger partial charge < -0.3 is 29.9 Å². The monoisotopic (exact) mass is 853 g/mol. The Morgan fingerprint density at radius 2 is 1.63 bits per heavy atom. The first-order valence-corrected chi connectivity index (χ1v) is 20.5. The van der Waals surface area contributed by atoms with Crippen LogP contribution in [0.1, 0.15) is 59.6 Å². The first-order chi connectivity index (χ1) is 28.8. The number of alkyl halides is 3. The number of nitrogens with zero attached hydrogens (tertiary/aromatic N) is 7. The number of ether oxygens (including phenoxy) is 2. The summed E-state index contributed by atoms with van der Waals surface area (Å²) in [6.07, 6.45) is -1.82. The average Bonchev–Trinajstić information content (AvgIpc) is 3.66. The number of carbonyl (C=O) groups is 3. The van der Waals surface area contributed by atoms with Crippen molar-refractivity contribution in [2.45, 2.75) is 56.8 Å². The number of aromatic amines is 1. The van der Waals surface area contributed by atoms with E-state index in [1.807, 2.05) is 35.2 Å². The van der Waals surface area contributed by atoms with Crippen molar-refractivity contribution >= 4 is 41.1 Å². The quantitative estimate of drug-likeness (QED) is 0.149. The van der Waals surface area contributed by atoms with Gasteiger partial charge in [-0.15, -0.1) is 5.10 Å². The van der Waals surface area contributed by atoms with Crippen molar-refractivity contribution in [1.29, 1.82) is 0 Å². The van der Waals surface area contributed by atoms with Crippen LogP contribution in [-0.4, -0.2) is 124 Å². The molecule has 0 spiro atoms. The number of aromatic nitrogens is 4. The first-order valence-electron chi connectivity index (χ1n) is 20.1. The van der Waals surface area contributed by atoms with Gasteiger partial charge in [-0.3, -0.25) is 14.7 Å². The molecule has 4 aromatic rings. The van der Waals surface area contributed by atoms with Crippen LogP contribution in [0.3, 0.4) is 0 Å². The number of benzene rings is 2. The number of hydrogen-bond acceptors (Lipinski definition) is 11. The van der Waals surface area contributed by atoms with Gasteiger partial charge in [-0.1, -0.05) is 48.4 Å². The molecule has 3 fully saturated rings. The fourth-order valence-electron chi connectivity index (χ4n) is 7.81. The SMILES string of the molecule is Nc1c(Cl)cc(C[C@@H](OC(=O)N2CCC(n3nc(-c4ccccc4)[nH]c3=O)CC2)C(=O)N2CCN(c3ccc(C(=O)OCCN4CCCCC4)cn3)CC2)cc1C(F)(F)F. The van der Waals surface area contributed by atoms with Crippen LogP contribution in [-0.2, 0) is 26.9 Å². The summed E-state index contributed by atoms with van der Waals surface area (Å²) >= 11 is 6.12. The molecule has 5 heterocycles. The van der Waals surface area contributed by atoms with Gasteiger partial charge in [-0.2, -0.15) is 13.2 Å². The molecule has 15 nitrogen and oxygen atoms in total. The minimum absolute atomic E-state index is 0.00598. The largest absolute Gasteiger partial charge is 0.461 e. The maximum absolute atomic E-state index is 14.1. The molecule has 0 saturated carbocycles. The number of piperidine rings is 2. The molecule has 0 aliphatic carbocycles. The molecule has 0 unspecified atom stereocenters. The zero-order valence-corrected chi connectivity index (χ0v) is 33.7. The number of amides is 2. The van der Waals surface area contributed by atoms with Crippen LogP contribution < -0.4 is 16.3 Å². The van der Waals surface area contributed by atoms with E-state index in [4.69, 9.17) is 26.8 Å². The molecule has 60 heavy (non-hydrogen) atoms. The summed E-state index contributed by atoms with van der Waals surface area (Å²) in [6.45, 7) is 4.43. The Bertz CT molecular complexity index is 2180. The third kappa shape index (κ3) is 10.2. The second-order valence-corrected chi connectivity index (χ2v) is 15.6. The van der Waals surface area contributed by atoms with Gasteiger partial charge in [0.25, 0.3) is 5.91 Å². The Morgan fingerprint density at radius 1 is 0.917 bits per heavy atom. The van der Waals surface area contributed by atoms with E-state index >= 15 is 0 Å². The fraction of sp³-hybridized carbons (Fsp3) is 0.463. The highest BCUT2D eigenvalue weighted by Gasteiger charge is 2.37. The number of nitrogen functional groups attached to an aromatic ring is 1. The highest BCUT2D eigenvalue weighted by atomic mass is 35.5. The standard InChI is InChI=1S/C41H47ClF3N9O6/c42-32-24-27(23-31(35(32)46)41(43,44)45)25-33(60-40(58)53-15-11-30(12-16-53)54-39(57)48-36(49-54)28-7-3-1-4-8-28)37(55)52-19-17-51(18-20-52)34-10-9-29(26-47-34)38(56)59-22-21-50-13-5-2-6-14-50/h1,3-4,7-10,23-24,26,30,33H,2,5-6,11-22,25,46H2,(H,48,49,57)/t33-/m1/s1. The van der Waals surface area contributed by atoms with Crippen molar-refractivity contribution in [2.75, 3.05) is 76.1 Å². The Kier molecular flexibility index (Phi) is 13.3. The van der Waals surface area contributed by atoms with Gasteiger partial charge in [-0.25, -0.2) is 24.0 Å². The van der Waals surface area contributed by atoms with Crippen molar-refractivity contribution in [3.8, 4) is 11.4 Å². The van der Waals surface area contributed by atoms with E-state index in [1.54, 1.807) is 12.1 Å². The van der Waals surface area contributed by atoms with Crippen molar-refractivity contribution in [3.05, 3.63) is 93.0 Å². The van der Waals surface area contributed by atoms with Crippen molar-refractivity contribution in [2.24, 2.45) is 0 Å². The molecule has 7 rings (SSSR count). The third-order valence-corrected chi connectivity index (χ3v) is 11.5. The molecule has 1 atom stereocenters. The van der Waals surface area contributed by atoms with Gasteiger partial charge in [0.05, 0.1) is 27.9 Å². The van der Waals surface area contributed by atoms with Crippen LogP contribution >= 0.6 is 11.6 Å². The second-order valence-electron chi connectivity index (χ2n) is 15.2. The molecule has 2 amide bonds. The van der Waals surface area contributed by atoms with Crippen molar-refractivity contribution in [3.63, 3.8) is 0 Å². The molecule has 0 bridgehead atoms. The number of rotatable bonds is 11. The van der Waals surface area contributed by atoms with E-state index in [9.17, 15) is 32.3 Å². The average molecular weight is 854 g/mol. The molecule has 3 aliphatic rings. The van der Waals surface area contributed by atoms with E-state index in [0.29, 0.717) is 56.3 Å². The third-order valence-electron chi connectivity index (χ3n) is 11.2. The highest BCUT2D eigenvalue weighted by molar-refractivity contribution is 6.33. The van der Waals surface area contributed by atoms with E-state index in [2.05, 4.69) is 20.0 Å². The number of carbonyl (C=O) groups excluding carboxylic acids is 3. The predicted molar refractivity (Wildman–Crippen MR) is 217 cm³/mol. The Labute approximate surface area is 349 Å². The fourth-order valence-corrected chi connectivity index (χ4v) is 8.05. The minimum Gasteiger partial charge on any atom is -0.461 e. The van der Waals surface area contributed by atoms with Crippen molar-refractivity contribution in [1.82, 2.24) is 34.4 Å². The Balaban J connectivity index is 0.984. The molecule has 19 heteroatoms. The van der Waals surface area contributed by atoms with Gasteiger partial charge in [0.1, 0.15) is 12.4 Å². The lowest BCUT2D eigenvalue weighted by Gasteiger charge is -2.37. The minimum atomic E-state index is -4.82. The van der Waals surface area contributed by atoms with Gasteiger partial charge >= 0.3 is 23.9 Å². The number of esters is 1. The zero-order valence-electron chi connectivity index (χ0n) is 32.9. The molecular formula is C41H47ClF3N9O6. The molecule has 2 aromatic heterocycles. The topological polar surface area (TPSA) is 172 Å². The maximum atomic E-state index is 14.1. The summed E-state index contributed by atoms with van der Waals surface area (Å²) in [5.74, 6) is -0.0396. The maximum Gasteiger partial charge on any atom is 0.418 e. The van der Waals surface area contributed by atoms with Crippen LogP contribution in [0.25, 0.3) is 11.4 Å². The molecule has 320 valence electrons. The summed E-state index contributed by atoms with van der Waals surface area (Å²) < 4.78 is 54.4. The summed E-state index contributed by atoms with van der Waals surface area (Å²) in [5.41, 5.74) is 4.55. The lowest BCUT2D eigenvalue weighted by atomic mass is 10.0. The Hall–Kier alpha value is -5.62. The summed E-state index contributed by atoms with van der Waals surface area (Å²) in [4.78, 5) is 67.5. The first kappa shape index (κ1) is 42.5. The van der Waals surface area contributed by atoms with E-state index in [-0.39, 0.29) is 48.5 Å². The van der Waals surface area contributed by atoms with Gasteiger partial charge in [0.2, 0.25) is 0 Å². The van der Waals surface area contributed by atoms with E-state index in [1.165, 1.54) is 33.2 Å². The smallest absolute Gasteiger partial charge is 0.418 e. The van der Waals surface area contributed by atoms with E-state index < -0.39 is 47.9 Å². The van der Waals surface area contributed by atoms with Crippen molar-refractivity contribution < 1.29 is 37.0 Å². The molecule has 3 N–H and O–H groups in total. The van der Waals surface area contributed by atoms with Crippen LogP contribution in [0.5, 0.6) is 0 Å².